The lowest BCUT2D eigenvalue weighted by Crippen LogP contribution is -2.30. The summed E-state index contributed by atoms with van der Waals surface area (Å²) < 4.78 is 1.08. The van der Waals surface area contributed by atoms with Crippen molar-refractivity contribution in [3.63, 3.8) is 0 Å². The summed E-state index contributed by atoms with van der Waals surface area (Å²) in [5.74, 6) is 1.62. The molecule has 2 rings (SSSR count). The number of halogens is 1. The Morgan fingerprint density at radius 1 is 1.18 bits per heavy atom. The summed E-state index contributed by atoms with van der Waals surface area (Å²) in [6.07, 6.45) is 3.85. The van der Waals surface area contributed by atoms with Gasteiger partial charge in [0.15, 0.2) is 0 Å². The molecule has 3 heteroatoms. The van der Waals surface area contributed by atoms with Crippen molar-refractivity contribution in [3.05, 3.63) is 22.7 Å². The molecule has 2 nitrogen and oxygen atoms in total. The molecular formula is C14H21BrN2. The maximum Gasteiger partial charge on any atom is 0.0587 e. The highest BCUT2D eigenvalue weighted by molar-refractivity contribution is 9.10. The fourth-order valence-corrected chi connectivity index (χ4v) is 3.30. The number of rotatable bonds is 2. The van der Waals surface area contributed by atoms with Crippen LogP contribution >= 0.6 is 15.9 Å². The average Bonchev–Trinajstić information content (AvgIpc) is 2.22. The lowest BCUT2D eigenvalue weighted by Gasteiger charge is -2.33. The Balaban J connectivity index is 2.07. The Morgan fingerprint density at radius 2 is 1.82 bits per heavy atom. The van der Waals surface area contributed by atoms with Crippen LogP contribution in [0.25, 0.3) is 0 Å². The van der Waals surface area contributed by atoms with Crippen molar-refractivity contribution in [2.24, 2.45) is 11.8 Å². The molecule has 0 bridgehead atoms. The lowest BCUT2D eigenvalue weighted by atomic mass is 9.80. The van der Waals surface area contributed by atoms with Crippen LogP contribution < -0.4 is 11.1 Å². The van der Waals surface area contributed by atoms with Crippen molar-refractivity contribution in [2.45, 2.75) is 39.2 Å². The van der Waals surface area contributed by atoms with Gasteiger partial charge < -0.3 is 11.1 Å². The summed E-state index contributed by atoms with van der Waals surface area (Å²) in [6, 6.07) is 6.55. The molecule has 2 unspecified atom stereocenters. The van der Waals surface area contributed by atoms with Crippen LogP contribution in [0.2, 0.25) is 0 Å². The molecule has 0 aliphatic heterocycles. The molecule has 0 saturated heterocycles. The first-order valence-corrected chi connectivity index (χ1v) is 7.15. The van der Waals surface area contributed by atoms with Gasteiger partial charge in [-0.1, -0.05) is 29.8 Å². The fraction of sp³-hybridized carbons (Fsp3) is 0.571. The largest absolute Gasteiger partial charge is 0.397 e. The SMILES string of the molecule is CC1CC(C)CC(Nc2cc(Br)ccc2N)C1. The number of nitrogen functional groups attached to an aromatic ring is 1. The zero-order chi connectivity index (χ0) is 12.4. The van der Waals surface area contributed by atoms with Gasteiger partial charge in [0.05, 0.1) is 11.4 Å². The minimum atomic E-state index is 0.561. The van der Waals surface area contributed by atoms with E-state index in [0.29, 0.717) is 6.04 Å². The maximum atomic E-state index is 5.99. The fourth-order valence-electron chi connectivity index (χ4n) is 2.94. The van der Waals surface area contributed by atoms with E-state index in [1.54, 1.807) is 0 Å². The normalized spacial score (nSPS) is 29.0. The first-order valence-electron chi connectivity index (χ1n) is 6.36. The Morgan fingerprint density at radius 3 is 2.47 bits per heavy atom. The zero-order valence-corrected chi connectivity index (χ0v) is 12.1. The van der Waals surface area contributed by atoms with Crippen molar-refractivity contribution >= 4 is 27.3 Å². The van der Waals surface area contributed by atoms with Crippen LogP contribution in [0.4, 0.5) is 11.4 Å². The third-order valence-electron chi connectivity index (χ3n) is 3.55. The van der Waals surface area contributed by atoms with Crippen LogP contribution in [0.15, 0.2) is 22.7 Å². The van der Waals surface area contributed by atoms with Crippen LogP contribution in [0.1, 0.15) is 33.1 Å². The van der Waals surface area contributed by atoms with E-state index in [1.165, 1.54) is 19.3 Å². The van der Waals surface area contributed by atoms with Crippen LogP contribution in [-0.4, -0.2) is 6.04 Å². The first-order chi connectivity index (χ1) is 8.04. The van der Waals surface area contributed by atoms with Gasteiger partial charge >= 0.3 is 0 Å². The van der Waals surface area contributed by atoms with Crippen LogP contribution in [0, 0.1) is 11.8 Å². The highest BCUT2D eigenvalue weighted by Gasteiger charge is 2.24. The van der Waals surface area contributed by atoms with Gasteiger partial charge in [-0.3, -0.25) is 0 Å². The minimum absolute atomic E-state index is 0.561. The van der Waals surface area contributed by atoms with Gasteiger partial charge in [0.1, 0.15) is 0 Å². The summed E-state index contributed by atoms with van der Waals surface area (Å²) in [5.41, 5.74) is 7.89. The van der Waals surface area contributed by atoms with E-state index in [2.05, 4.69) is 41.2 Å². The van der Waals surface area contributed by atoms with Gasteiger partial charge in [-0.05, 0) is 49.3 Å². The van der Waals surface area contributed by atoms with Crippen molar-refractivity contribution in [2.75, 3.05) is 11.1 Å². The molecule has 1 aromatic rings. The minimum Gasteiger partial charge on any atom is -0.397 e. The second kappa shape index (κ2) is 5.30. The van der Waals surface area contributed by atoms with E-state index in [0.717, 1.165) is 27.7 Å². The van der Waals surface area contributed by atoms with E-state index >= 15 is 0 Å². The number of nitrogens with two attached hydrogens (primary N) is 1. The summed E-state index contributed by atoms with van der Waals surface area (Å²) in [6.45, 7) is 4.68. The number of nitrogens with one attached hydrogen (secondary N) is 1. The molecule has 1 aliphatic rings. The second-order valence-corrected chi connectivity index (χ2v) is 6.41. The standard InChI is InChI=1S/C14H21BrN2/c1-9-5-10(2)7-12(6-9)17-14-8-11(15)3-4-13(14)16/h3-4,8-10,12,17H,5-7,16H2,1-2H3. The Bertz CT molecular complexity index is 382. The highest BCUT2D eigenvalue weighted by Crippen LogP contribution is 2.32. The van der Waals surface area contributed by atoms with E-state index in [9.17, 15) is 0 Å². The Hall–Kier alpha value is -0.700. The summed E-state index contributed by atoms with van der Waals surface area (Å²) in [7, 11) is 0. The second-order valence-electron chi connectivity index (χ2n) is 5.49. The molecule has 0 aromatic heterocycles. The number of anilines is 2. The summed E-state index contributed by atoms with van der Waals surface area (Å²) in [4.78, 5) is 0. The number of hydrogen-bond acceptors (Lipinski definition) is 2. The van der Waals surface area contributed by atoms with E-state index in [1.807, 2.05) is 12.1 Å². The van der Waals surface area contributed by atoms with Crippen LogP contribution in [0.5, 0.6) is 0 Å². The van der Waals surface area contributed by atoms with Crippen molar-refractivity contribution in [1.82, 2.24) is 0 Å². The molecule has 1 aliphatic carbocycles. The predicted molar refractivity (Wildman–Crippen MR) is 78.1 cm³/mol. The molecule has 3 N–H and O–H groups in total. The number of hydrogen-bond donors (Lipinski definition) is 2. The molecule has 1 aromatic carbocycles. The molecule has 94 valence electrons. The highest BCUT2D eigenvalue weighted by atomic mass is 79.9. The summed E-state index contributed by atoms with van der Waals surface area (Å²) in [5, 5.41) is 3.60. The molecule has 1 saturated carbocycles. The first kappa shape index (κ1) is 12.7. The quantitative estimate of drug-likeness (QED) is 0.800. The number of benzene rings is 1. The van der Waals surface area contributed by atoms with Gasteiger partial charge in [-0.15, -0.1) is 0 Å². The molecule has 0 spiro atoms. The van der Waals surface area contributed by atoms with Gasteiger partial charge in [-0.25, -0.2) is 0 Å². The molecule has 0 heterocycles. The topological polar surface area (TPSA) is 38.0 Å². The third kappa shape index (κ3) is 3.38. The molecule has 2 atom stereocenters. The van der Waals surface area contributed by atoms with E-state index in [-0.39, 0.29) is 0 Å². The van der Waals surface area contributed by atoms with Gasteiger partial charge in [-0.2, -0.15) is 0 Å². The van der Waals surface area contributed by atoms with Crippen molar-refractivity contribution in [1.29, 1.82) is 0 Å². The monoisotopic (exact) mass is 296 g/mol. The van der Waals surface area contributed by atoms with Crippen LogP contribution in [0.3, 0.4) is 0 Å². The maximum absolute atomic E-state index is 5.99. The predicted octanol–water partition coefficient (Wildman–Crippen LogP) is 4.27. The molecule has 1 fully saturated rings. The lowest BCUT2D eigenvalue weighted by molar-refractivity contribution is 0.281. The van der Waals surface area contributed by atoms with E-state index in [4.69, 9.17) is 5.73 Å². The Kier molecular flexibility index (Phi) is 3.97. The molecule has 0 radical (unpaired) electrons. The van der Waals surface area contributed by atoms with Crippen molar-refractivity contribution in [3.8, 4) is 0 Å². The molecule has 0 amide bonds. The molecule has 17 heavy (non-hydrogen) atoms. The third-order valence-corrected chi connectivity index (χ3v) is 4.05. The summed E-state index contributed by atoms with van der Waals surface area (Å²) >= 11 is 3.49. The smallest absolute Gasteiger partial charge is 0.0587 e. The van der Waals surface area contributed by atoms with Gasteiger partial charge in [0.25, 0.3) is 0 Å². The molecular weight excluding hydrogens is 276 g/mol. The Labute approximate surface area is 112 Å². The van der Waals surface area contributed by atoms with Gasteiger partial charge in [0, 0.05) is 10.5 Å². The van der Waals surface area contributed by atoms with E-state index < -0.39 is 0 Å². The van der Waals surface area contributed by atoms with Crippen molar-refractivity contribution < 1.29 is 0 Å². The average molecular weight is 297 g/mol. The zero-order valence-electron chi connectivity index (χ0n) is 10.5. The van der Waals surface area contributed by atoms with Gasteiger partial charge in [0.2, 0.25) is 0 Å². The van der Waals surface area contributed by atoms with Crippen LogP contribution in [-0.2, 0) is 0 Å².